The molecule has 0 saturated heterocycles. The third-order valence-electron chi connectivity index (χ3n) is 5.22. The fourth-order valence-corrected chi connectivity index (χ4v) is 3.73. The first kappa shape index (κ1) is 27.9. The Morgan fingerprint density at radius 1 is 0.971 bits per heavy atom. The lowest BCUT2D eigenvalue weighted by molar-refractivity contribution is -0.192. The van der Waals surface area contributed by atoms with E-state index in [9.17, 15) is 18.4 Å². The normalized spacial score (nSPS) is 11.8. The lowest BCUT2D eigenvalue weighted by Gasteiger charge is -2.27. The van der Waals surface area contributed by atoms with Gasteiger partial charge in [-0.25, -0.2) is 0 Å². The van der Waals surface area contributed by atoms with E-state index in [0.717, 1.165) is 24.0 Å². The summed E-state index contributed by atoms with van der Waals surface area (Å²) in [6.07, 6.45) is -3.39. The van der Waals surface area contributed by atoms with Crippen molar-refractivity contribution in [2.45, 2.75) is 58.5 Å². The van der Waals surface area contributed by atoms with E-state index in [1.54, 1.807) is 24.3 Å². The number of ketones is 1. The lowest BCUT2D eigenvalue weighted by atomic mass is 9.78. The van der Waals surface area contributed by atoms with Gasteiger partial charge in [-0.05, 0) is 48.7 Å². The first-order chi connectivity index (χ1) is 15.9. The number of carbonyl (C=O) groups excluding carboxylic acids is 2. The molecule has 0 aromatic heterocycles. The molecule has 0 fully saturated rings. The van der Waals surface area contributed by atoms with E-state index in [1.165, 1.54) is 19.1 Å². The molecule has 0 aliphatic rings. The Balaban J connectivity index is 2.18. The summed E-state index contributed by atoms with van der Waals surface area (Å²) >= 11 is 12.8. The van der Waals surface area contributed by atoms with E-state index in [0.29, 0.717) is 22.4 Å². The molecule has 34 heavy (non-hydrogen) atoms. The molecule has 0 aliphatic heterocycles. The minimum absolute atomic E-state index is 0.0131. The average molecular weight is 517 g/mol. The van der Waals surface area contributed by atoms with Gasteiger partial charge in [0.25, 0.3) is 5.78 Å². The maximum absolute atomic E-state index is 14.1. The Morgan fingerprint density at radius 3 is 2.09 bits per heavy atom. The summed E-state index contributed by atoms with van der Waals surface area (Å²) in [6, 6.07) is 9.40. The number of halogens is 4. The number of hydrogen-bond donors (Lipinski definition) is 0. The van der Waals surface area contributed by atoms with Gasteiger partial charge in [-0.1, -0.05) is 62.5 Å². The van der Waals surface area contributed by atoms with Crippen molar-refractivity contribution in [3.05, 3.63) is 57.6 Å². The van der Waals surface area contributed by atoms with Crippen LogP contribution in [0.5, 0.6) is 11.5 Å². The van der Waals surface area contributed by atoms with E-state index in [-0.39, 0.29) is 12.4 Å². The van der Waals surface area contributed by atoms with Gasteiger partial charge in [0, 0.05) is 5.41 Å². The molecule has 2 aromatic rings. The number of carbonyl (C=O) groups is 2. The van der Waals surface area contributed by atoms with Gasteiger partial charge in [-0.15, -0.1) is 0 Å². The van der Waals surface area contributed by atoms with Crippen LogP contribution in [0.3, 0.4) is 0 Å². The molecular formula is C25H28Cl2F2O5. The van der Waals surface area contributed by atoms with Crippen molar-refractivity contribution in [3.8, 4) is 11.5 Å². The van der Waals surface area contributed by atoms with E-state index < -0.39 is 29.7 Å². The SMILES string of the molecule is CCCCOc1c(Cl)cc(C(C)(C)c2ccc(OC(F)(F)C(=O)CC(=O)OCC)cc2)cc1Cl. The van der Waals surface area contributed by atoms with Gasteiger partial charge in [0.1, 0.15) is 12.2 Å². The molecule has 0 atom stereocenters. The standard InChI is InChI=1S/C25H28Cl2F2O5/c1-5-7-12-33-23-19(26)13-17(14-20(23)27)24(3,4)16-8-10-18(11-9-16)34-25(28,29)21(30)15-22(31)32-6-2/h8-11,13-14H,5-7,12,15H2,1-4H3. The van der Waals surface area contributed by atoms with Gasteiger partial charge in [-0.2, -0.15) is 8.78 Å². The highest BCUT2D eigenvalue weighted by atomic mass is 35.5. The minimum atomic E-state index is -4.17. The van der Waals surface area contributed by atoms with Crippen molar-refractivity contribution in [2.75, 3.05) is 13.2 Å². The molecule has 5 nitrogen and oxygen atoms in total. The monoisotopic (exact) mass is 516 g/mol. The fraction of sp³-hybridized carbons (Fsp3) is 0.440. The Labute approximate surface area is 208 Å². The maximum Gasteiger partial charge on any atom is 0.461 e. The summed E-state index contributed by atoms with van der Waals surface area (Å²) in [7, 11) is 0. The summed E-state index contributed by atoms with van der Waals surface area (Å²) in [5.74, 6) is -2.51. The minimum Gasteiger partial charge on any atom is -0.490 e. The second-order valence-corrected chi connectivity index (χ2v) is 8.96. The van der Waals surface area contributed by atoms with Crippen LogP contribution in [0.1, 0.15) is 58.1 Å². The Bertz CT molecular complexity index is 984. The summed E-state index contributed by atoms with van der Waals surface area (Å²) < 4.78 is 43.0. The zero-order valence-corrected chi connectivity index (χ0v) is 21.1. The van der Waals surface area contributed by atoms with E-state index in [1.807, 2.05) is 13.8 Å². The van der Waals surface area contributed by atoms with Crippen LogP contribution in [-0.2, 0) is 19.7 Å². The number of esters is 1. The van der Waals surface area contributed by atoms with Crippen LogP contribution in [0, 0.1) is 0 Å². The molecule has 0 radical (unpaired) electrons. The number of rotatable bonds is 12. The second kappa shape index (κ2) is 11.8. The van der Waals surface area contributed by atoms with Gasteiger partial charge in [0.2, 0.25) is 0 Å². The van der Waals surface area contributed by atoms with Crippen LogP contribution in [0.15, 0.2) is 36.4 Å². The number of benzene rings is 2. The van der Waals surface area contributed by atoms with E-state index in [2.05, 4.69) is 16.4 Å². The molecule has 9 heteroatoms. The highest BCUT2D eigenvalue weighted by Crippen LogP contribution is 2.41. The van der Waals surface area contributed by atoms with Crippen LogP contribution in [0.2, 0.25) is 10.0 Å². The highest BCUT2D eigenvalue weighted by molar-refractivity contribution is 6.37. The predicted molar refractivity (Wildman–Crippen MR) is 127 cm³/mol. The van der Waals surface area contributed by atoms with Crippen molar-refractivity contribution in [3.63, 3.8) is 0 Å². The molecule has 0 saturated carbocycles. The molecule has 2 rings (SSSR count). The smallest absolute Gasteiger partial charge is 0.461 e. The maximum atomic E-state index is 14.1. The fourth-order valence-electron chi connectivity index (χ4n) is 3.13. The van der Waals surface area contributed by atoms with Crippen molar-refractivity contribution >= 4 is 35.0 Å². The Kier molecular flexibility index (Phi) is 9.71. The zero-order valence-electron chi connectivity index (χ0n) is 19.6. The second-order valence-electron chi connectivity index (χ2n) is 8.14. The first-order valence-corrected chi connectivity index (χ1v) is 11.7. The third-order valence-corrected chi connectivity index (χ3v) is 5.78. The largest absolute Gasteiger partial charge is 0.490 e. The lowest BCUT2D eigenvalue weighted by Crippen LogP contribution is -2.36. The number of ether oxygens (including phenoxy) is 3. The molecule has 0 N–H and O–H groups in total. The molecule has 0 bridgehead atoms. The van der Waals surface area contributed by atoms with Gasteiger partial charge in [-0.3, -0.25) is 9.59 Å². The summed E-state index contributed by atoms with van der Waals surface area (Å²) in [4.78, 5) is 23.0. The highest BCUT2D eigenvalue weighted by Gasteiger charge is 2.43. The van der Waals surface area contributed by atoms with E-state index >= 15 is 0 Å². The Hall–Kier alpha value is -2.38. The molecule has 0 heterocycles. The first-order valence-electron chi connectivity index (χ1n) is 10.9. The quantitative estimate of drug-likeness (QED) is 0.173. The molecule has 2 aromatic carbocycles. The summed E-state index contributed by atoms with van der Waals surface area (Å²) in [5.41, 5.74) is 0.984. The predicted octanol–water partition coefficient (Wildman–Crippen LogP) is 6.99. The number of unbranched alkanes of at least 4 members (excludes halogenated alkanes) is 1. The van der Waals surface area contributed by atoms with Crippen molar-refractivity contribution in [1.82, 2.24) is 0 Å². The van der Waals surface area contributed by atoms with Crippen molar-refractivity contribution in [1.29, 1.82) is 0 Å². The van der Waals surface area contributed by atoms with Crippen LogP contribution >= 0.6 is 23.2 Å². The topological polar surface area (TPSA) is 61.8 Å². The molecule has 0 spiro atoms. The van der Waals surface area contributed by atoms with Crippen molar-refractivity contribution in [2.24, 2.45) is 0 Å². The Morgan fingerprint density at radius 2 is 1.56 bits per heavy atom. The number of Topliss-reactive ketones (excluding diaryl/α,β-unsaturated/α-hetero) is 1. The molecule has 186 valence electrons. The summed E-state index contributed by atoms with van der Waals surface area (Å²) in [5, 5.41) is 0.762. The van der Waals surface area contributed by atoms with Gasteiger partial charge in [0.05, 0.1) is 23.3 Å². The van der Waals surface area contributed by atoms with Gasteiger partial charge < -0.3 is 14.2 Å². The van der Waals surface area contributed by atoms with Crippen LogP contribution < -0.4 is 9.47 Å². The van der Waals surface area contributed by atoms with Crippen LogP contribution in [0.25, 0.3) is 0 Å². The van der Waals surface area contributed by atoms with Gasteiger partial charge in [0.15, 0.2) is 5.75 Å². The molecule has 0 unspecified atom stereocenters. The molecule has 0 amide bonds. The van der Waals surface area contributed by atoms with E-state index in [4.69, 9.17) is 27.9 Å². The molecule has 0 aliphatic carbocycles. The van der Waals surface area contributed by atoms with Crippen molar-refractivity contribution < 1.29 is 32.6 Å². The van der Waals surface area contributed by atoms with Gasteiger partial charge >= 0.3 is 12.1 Å². The number of alkyl halides is 2. The summed E-state index contributed by atoms with van der Waals surface area (Å²) in [6.45, 7) is 7.92. The number of hydrogen-bond acceptors (Lipinski definition) is 5. The van der Waals surface area contributed by atoms with Crippen LogP contribution in [0.4, 0.5) is 8.78 Å². The molecular weight excluding hydrogens is 489 g/mol. The van der Waals surface area contributed by atoms with Crippen LogP contribution in [-0.4, -0.2) is 31.1 Å². The third kappa shape index (κ3) is 7.06. The average Bonchev–Trinajstić information content (AvgIpc) is 2.75. The zero-order chi connectivity index (χ0) is 25.5.